The first kappa shape index (κ1) is 17.1. The summed E-state index contributed by atoms with van der Waals surface area (Å²) < 4.78 is 38.9. The molecule has 0 aromatic heterocycles. The van der Waals surface area contributed by atoms with Gasteiger partial charge in [-0.2, -0.15) is 13.2 Å². The predicted octanol–water partition coefficient (Wildman–Crippen LogP) is 3.07. The van der Waals surface area contributed by atoms with Gasteiger partial charge in [-0.25, -0.2) is 0 Å². The van der Waals surface area contributed by atoms with E-state index in [0.717, 1.165) is 32.5 Å². The van der Waals surface area contributed by atoms with Crippen LogP contribution in [0.25, 0.3) is 0 Å². The van der Waals surface area contributed by atoms with E-state index in [-0.39, 0.29) is 18.8 Å². The lowest BCUT2D eigenvalue weighted by Crippen LogP contribution is -2.50. The molecule has 2 saturated heterocycles. The second-order valence-electron chi connectivity index (χ2n) is 6.19. The Hall–Kier alpha value is 0. The van der Waals surface area contributed by atoms with Crippen LogP contribution >= 0.6 is 12.4 Å². The standard InChI is InChI=1S/C13H23F3N2.ClH/c1-12(2)11(13(14,15)16)5-7-18(12)9-10-4-3-6-17-8-10;/h10-11,17H,3-9H2,1-2H3;1H. The molecule has 2 atom stereocenters. The van der Waals surface area contributed by atoms with E-state index in [4.69, 9.17) is 0 Å². The summed E-state index contributed by atoms with van der Waals surface area (Å²) in [5, 5.41) is 3.33. The second-order valence-corrected chi connectivity index (χ2v) is 6.19. The highest BCUT2D eigenvalue weighted by Gasteiger charge is 2.54. The third-order valence-electron chi connectivity index (χ3n) is 4.63. The van der Waals surface area contributed by atoms with Gasteiger partial charge in [0.05, 0.1) is 5.92 Å². The number of hydrogen-bond acceptors (Lipinski definition) is 2. The number of rotatable bonds is 2. The van der Waals surface area contributed by atoms with Gasteiger partial charge >= 0.3 is 6.18 Å². The molecule has 19 heavy (non-hydrogen) atoms. The molecule has 114 valence electrons. The first-order valence-corrected chi connectivity index (χ1v) is 6.84. The highest BCUT2D eigenvalue weighted by atomic mass is 35.5. The van der Waals surface area contributed by atoms with Crippen LogP contribution < -0.4 is 5.32 Å². The van der Waals surface area contributed by atoms with Crippen molar-refractivity contribution in [3.05, 3.63) is 0 Å². The van der Waals surface area contributed by atoms with Gasteiger partial charge in [0.1, 0.15) is 0 Å². The lowest BCUT2D eigenvalue weighted by molar-refractivity contribution is -0.191. The molecule has 0 spiro atoms. The van der Waals surface area contributed by atoms with E-state index in [0.29, 0.717) is 12.5 Å². The number of halogens is 4. The van der Waals surface area contributed by atoms with Crippen LogP contribution in [0.15, 0.2) is 0 Å². The van der Waals surface area contributed by atoms with Crippen molar-refractivity contribution in [1.82, 2.24) is 10.2 Å². The zero-order valence-electron chi connectivity index (χ0n) is 11.6. The molecule has 6 heteroatoms. The zero-order chi connectivity index (χ0) is 13.4. The topological polar surface area (TPSA) is 15.3 Å². The molecule has 2 rings (SSSR count). The normalized spacial score (nSPS) is 32.1. The molecule has 2 nitrogen and oxygen atoms in total. The quantitative estimate of drug-likeness (QED) is 0.843. The van der Waals surface area contributed by atoms with E-state index in [1.165, 1.54) is 0 Å². The lowest BCUT2D eigenvalue weighted by atomic mass is 9.87. The summed E-state index contributed by atoms with van der Waals surface area (Å²) in [7, 11) is 0. The van der Waals surface area contributed by atoms with Crippen molar-refractivity contribution in [2.24, 2.45) is 11.8 Å². The smallest absolute Gasteiger partial charge is 0.316 e. The summed E-state index contributed by atoms with van der Waals surface area (Å²) in [6.07, 6.45) is -1.54. The molecule has 0 aromatic rings. The molecule has 2 aliphatic heterocycles. The molecule has 0 bridgehead atoms. The van der Waals surface area contributed by atoms with Crippen LogP contribution in [0.4, 0.5) is 13.2 Å². The Kier molecular flexibility index (Phi) is 5.55. The Morgan fingerprint density at radius 1 is 1.26 bits per heavy atom. The fourth-order valence-corrected chi connectivity index (χ4v) is 3.43. The Balaban J connectivity index is 0.00000180. The van der Waals surface area contributed by atoms with Gasteiger partial charge in [-0.05, 0) is 58.7 Å². The molecule has 0 aromatic carbocycles. The van der Waals surface area contributed by atoms with Crippen LogP contribution in [0.2, 0.25) is 0 Å². The van der Waals surface area contributed by atoms with Crippen molar-refractivity contribution >= 4 is 12.4 Å². The van der Waals surface area contributed by atoms with Gasteiger partial charge in [0.15, 0.2) is 0 Å². The van der Waals surface area contributed by atoms with Gasteiger partial charge in [-0.3, -0.25) is 4.90 Å². The number of piperidine rings is 1. The molecule has 2 fully saturated rings. The van der Waals surface area contributed by atoms with Crippen LogP contribution in [-0.2, 0) is 0 Å². The van der Waals surface area contributed by atoms with Crippen molar-refractivity contribution in [2.45, 2.75) is 44.8 Å². The molecular formula is C13H24ClF3N2. The molecule has 1 N–H and O–H groups in total. The average molecular weight is 301 g/mol. The van der Waals surface area contributed by atoms with Gasteiger partial charge in [0.25, 0.3) is 0 Å². The number of nitrogens with one attached hydrogen (secondary N) is 1. The van der Waals surface area contributed by atoms with Crippen molar-refractivity contribution in [3.8, 4) is 0 Å². The third-order valence-corrected chi connectivity index (χ3v) is 4.63. The fourth-order valence-electron chi connectivity index (χ4n) is 3.43. The first-order chi connectivity index (χ1) is 8.32. The average Bonchev–Trinajstić information content (AvgIpc) is 2.55. The van der Waals surface area contributed by atoms with Crippen molar-refractivity contribution < 1.29 is 13.2 Å². The van der Waals surface area contributed by atoms with Crippen LogP contribution in [0.1, 0.15) is 33.1 Å². The Morgan fingerprint density at radius 2 is 1.95 bits per heavy atom. The first-order valence-electron chi connectivity index (χ1n) is 6.84. The van der Waals surface area contributed by atoms with Crippen LogP contribution in [-0.4, -0.2) is 42.8 Å². The van der Waals surface area contributed by atoms with Crippen LogP contribution in [0.3, 0.4) is 0 Å². The van der Waals surface area contributed by atoms with Crippen molar-refractivity contribution in [1.29, 1.82) is 0 Å². The van der Waals surface area contributed by atoms with E-state index < -0.39 is 17.6 Å². The number of alkyl halides is 3. The summed E-state index contributed by atoms with van der Waals surface area (Å²) in [5.74, 6) is -0.674. The van der Waals surface area contributed by atoms with Gasteiger partial charge in [-0.15, -0.1) is 12.4 Å². The van der Waals surface area contributed by atoms with Gasteiger partial charge in [-0.1, -0.05) is 0 Å². The fraction of sp³-hybridized carbons (Fsp3) is 1.00. The minimum atomic E-state index is -4.07. The molecule has 0 radical (unpaired) electrons. The predicted molar refractivity (Wildman–Crippen MR) is 72.7 cm³/mol. The van der Waals surface area contributed by atoms with Gasteiger partial charge in [0.2, 0.25) is 0 Å². The molecule has 2 heterocycles. The number of likely N-dealkylation sites (tertiary alicyclic amines) is 1. The van der Waals surface area contributed by atoms with Gasteiger partial charge < -0.3 is 5.32 Å². The summed E-state index contributed by atoms with van der Waals surface area (Å²) in [6, 6.07) is 0. The molecule has 0 saturated carbocycles. The van der Waals surface area contributed by atoms with E-state index in [1.54, 1.807) is 13.8 Å². The molecule has 0 amide bonds. The molecule has 2 unspecified atom stereocenters. The maximum atomic E-state index is 13.0. The molecule has 2 aliphatic rings. The van der Waals surface area contributed by atoms with Crippen LogP contribution in [0.5, 0.6) is 0 Å². The molecular weight excluding hydrogens is 277 g/mol. The third kappa shape index (κ3) is 3.76. The minimum Gasteiger partial charge on any atom is -0.316 e. The SMILES string of the molecule is CC1(C)C(C(F)(F)F)CCN1CC1CCCNC1.Cl. The summed E-state index contributed by atoms with van der Waals surface area (Å²) >= 11 is 0. The number of hydrogen-bond donors (Lipinski definition) is 1. The largest absolute Gasteiger partial charge is 0.393 e. The second kappa shape index (κ2) is 6.19. The number of nitrogens with zero attached hydrogens (tertiary/aromatic N) is 1. The Labute approximate surface area is 119 Å². The summed E-state index contributed by atoms with van der Waals surface area (Å²) in [4.78, 5) is 2.04. The Bertz CT molecular complexity index is 288. The molecule has 0 aliphatic carbocycles. The monoisotopic (exact) mass is 300 g/mol. The summed E-state index contributed by atoms with van der Waals surface area (Å²) in [6.45, 7) is 6.86. The van der Waals surface area contributed by atoms with Crippen LogP contribution in [0, 0.1) is 11.8 Å². The highest BCUT2D eigenvalue weighted by molar-refractivity contribution is 5.85. The lowest BCUT2D eigenvalue weighted by Gasteiger charge is -2.39. The summed E-state index contributed by atoms with van der Waals surface area (Å²) in [5.41, 5.74) is -0.754. The minimum absolute atomic E-state index is 0. The van der Waals surface area contributed by atoms with Crippen molar-refractivity contribution in [3.63, 3.8) is 0 Å². The van der Waals surface area contributed by atoms with E-state index in [1.807, 2.05) is 4.90 Å². The van der Waals surface area contributed by atoms with E-state index >= 15 is 0 Å². The maximum Gasteiger partial charge on any atom is 0.393 e. The Morgan fingerprint density at radius 3 is 2.42 bits per heavy atom. The van der Waals surface area contributed by atoms with Crippen molar-refractivity contribution in [2.75, 3.05) is 26.2 Å². The van der Waals surface area contributed by atoms with E-state index in [9.17, 15) is 13.2 Å². The maximum absolute atomic E-state index is 13.0. The van der Waals surface area contributed by atoms with Gasteiger partial charge in [0, 0.05) is 12.1 Å². The highest BCUT2D eigenvalue weighted by Crippen LogP contribution is 2.44. The zero-order valence-corrected chi connectivity index (χ0v) is 12.4. The van der Waals surface area contributed by atoms with E-state index in [2.05, 4.69) is 5.32 Å².